The van der Waals surface area contributed by atoms with E-state index in [-0.39, 0.29) is 6.79 Å². The summed E-state index contributed by atoms with van der Waals surface area (Å²) in [6.45, 7) is 7.01. The first-order valence-electron chi connectivity index (χ1n) is 10.1. The van der Waals surface area contributed by atoms with Gasteiger partial charge in [0, 0.05) is 17.0 Å². The zero-order valence-electron chi connectivity index (χ0n) is 17.4. The zero-order chi connectivity index (χ0) is 21.5. The van der Waals surface area contributed by atoms with Gasteiger partial charge in [0.05, 0.1) is 5.56 Å². The SMILES string of the molecule is C=C(C)C(=O)OCOc1ccc2cc(-c3ccc(CCCCC)cc3)c(=O)oc2c1. The van der Waals surface area contributed by atoms with Crippen LogP contribution in [0.2, 0.25) is 0 Å². The summed E-state index contributed by atoms with van der Waals surface area (Å²) in [4.78, 5) is 23.9. The summed E-state index contributed by atoms with van der Waals surface area (Å²) in [5.41, 5.74) is 2.91. The summed E-state index contributed by atoms with van der Waals surface area (Å²) in [6, 6.07) is 15.0. The molecule has 0 saturated heterocycles. The van der Waals surface area contributed by atoms with Crippen molar-refractivity contribution in [3.8, 4) is 16.9 Å². The second-order valence-corrected chi connectivity index (χ2v) is 7.28. The number of esters is 1. The van der Waals surface area contributed by atoms with E-state index < -0.39 is 11.6 Å². The van der Waals surface area contributed by atoms with Gasteiger partial charge in [0.2, 0.25) is 6.79 Å². The standard InChI is InChI=1S/C25H26O5/c1-4-5-6-7-18-8-10-19(11-9-18)22-14-20-12-13-21(15-23(20)30-25(22)27)28-16-29-24(26)17(2)3/h8-15H,2,4-7,16H2,1,3H3. The van der Waals surface area contributed by atoms with Crippen LogP contribution in [0, 0.1) is 0 Å². The lowest BCUT2D eigenvalue weighted by Gasteiger charge is -2.08. The number of unbranched alkanes of at least 4 members (excludes halogenated alkanes) is 2. The maximum Gasteiger partial charge on any atom is 0.344 e. The predicted molar refractivity (Wildman–Crippen MR) is 118 cm³/mol. The molecule has 156 valence electrons. The lowest BCUT2D eigenvalue weighted by atomic mass is 10.0. The molecule has 30 heavy (non-hydrogen) atoms. The average Bonchev–Trinajstić information content (AvgIpc) is 2.74. The van der Waals surface area contributed by atoms with E-state index in [0.29, 0.717) is 22.5 Å². The minimum Gasteiger partial charge on any atom is -0.457 e. The lowest BCUT2D eigenvalue weighted by molar-refractivity contribution is -0.145. The van der Waals surface area contributed by atoms with Gasteiger partial charge >= 0.3 is 11.6 Å². The molecule has 0 N–H and O–H groups in total. The minimum atomic E-state index is -0.525. The van der Waals surface area contributed by atoms with Gasteiger partial charge in [0.25, 0.3) is 0 Å². The second kappa shape index (κ2) is 9.92. The van der Waals surface area contributed by atoms with Gasteiger partial charge in [-0.3, -0.25) is 0 Å². The number of carbonyl (C=O) groups excluding carboxylic acids is 1. The topological polar surface area (TPSA) is 65.7 Å². The first-order valence-corrected chi connectivity index (χ1v) is 10.1. The molecule has 0 aliphatic heterocycles. The van der Waals surface area contributed by atoms with Crippen LogP contribution in [0.4, 0.5) is 0 Å². The average molecular weight is 406 g/mol. The van der Waals surface area contributed by atoms with Crippen molar-refractivity contribution in [2.45, 2.75) is 39.5 Å². The minimum absolute atomic E-state index is 0.246. The summed E-state index contributed by atoms with van der Waals surface area (Å²) >= 11 is 0. The molecule has 2 aromatic carbocycles. The third-order valence-corrected chi connectivity index (χ3v) is 4.81. The summed E-state index contributed by atoms with van der Waals surface area (Å²) in [5, 5.41) is 0.780. The van der Waals surface area contributed by atoms with Crippen LogP contribution in [0.5, 0.6) is 5.75 Å². The van der Waals surface area contributed by atoms with Crippen LogP contribution in [-0.4, -0.2) is 12.8 Å². The van der Waals surface area contributed by atoms with Crippen LogP contribution in [0.15, 0.2) is 69.9 Å². The van der Waals surface area contributed by atoms with Gasteiger partial charge in [0.15, 0.2) is 0 Å². The Balaban J connectivity index is 1.75. The molecule has 5 heteroatoms. The number of rotatable bonds is 9. The highest BCUT2D eigenvalue weighted by atomic mass is 16.7. The second-order valence-electron chi connectivity index (χ2n) is 7.28. The molecule has 0 aliphatic carbocycles. The Kier molecular flexibility index (Phi) is 7.07. The number of hydrogen-bond acceptors (Lipinski definition) is 5. The molecular weight excluding hydrogens is 380 g/mol. The number of fused-ring (bicyclic) bond motifs is 1. The summed E-state index contributed by atoms with van der Waals surface area (Å²) in [6.07, 6.45) is 4.64. The van der Waals surface area contributed by atoms with Crippen molar-refractivity contribution in [1.82, 2.24) is 0 Å². The maximum atomic E-state index is 12.5. The van der Waals surface area contributed by atoms with Crippen LogP contribution in [0.25, 0.3) is 22.1 Å². The number of carbonyl (C=O) groups is 1. The molecule has 0 amide bonds. The molecule has 0 fully saturated rings. The Labute approximate surface area is 175 Å². The van der Waals surface area contributed by atoms with Crippen LogP contribution in [-0.2, 0) is 16.0 Å². The molecule has 0 saturated carbocycles. The monoisotopic (exact) mass is 406 g/mol. The highest BCUT2D eigenvalue weighted by Crippen LogP contribution is 2.25. The number of ether oxygens (including phenoxy) is 2. The van der Waals surface area contributed by atoms with E-state index in [9.17, 15) is 9.59 Å². The van der Waals surface area contributed by atoms with Crippen LogP contribution < -0.4 is 10.4 Å². The zero-order valence-corrected chi connectivity index (χ0v) is 17.4. The Morgan fingerprint density at radius 3 is 2.53 bits per heavy atom. The Morgan fingerprint density at radius 1 is 1.07 bits per heavy atom. The third-order valence-electron chi connectivity index (χ3n) is 4.81. The molecule has 5 nitrogen and oxygen atoms in total. The summed E-state index contributed by atoms with van der Waals surface area (Å²) < 4.78 is 15.8. The smallest absolute Gasteiger partial charge is 0.344 e. The largest absolute Gasteiger partial charge is 0.457 e. The number of hydrogen-bond donors (Lipinski definition) is 0. The van der Waals surface area contributed by atoms with Gasteiger partial charge in [-0.05, 0) is 49.1 Å². The van der Waals surface area contributed by atoms with Crippen LogP contribution in [0.3, 0.4) is 0 Å². The van der Waals surface area contributed by atoms with Gasteiger partial charge < -0.3 is 13.9 Å². The first-order chi connectivity index (χ1) is 14.5. The molecule has 1 heterocycles. The quantitative estimate of drug-likeness (QED) is 0.151. The molecule has 1 aromatic heterocycles. The number of benzene rings is 2. The molecule has 0 aliphatic rings. The fraction of sp³-hybridized carbons (Fsp3) is 0.280. The van der Waals surface area contributed by atoms with Gasteiger partial charge in [-0.15, -0.1) is 0 Å². The fourth-order valence-corrected chi connectivity index (χ4v) is 3.09. The van der Waals surface area contributed by atoms with Crippen molar-refractivity contribution in [2.75, 3.05) is 6.79 Å². The summed E-state index contributed by atoms with van der Waals surface area (Å²) in [5.74, 6) is -0.0901. The van der Waals surface area contributed by atoms with Crippen LogP contribution in [0.1, 0.15) is 38.7 Å². The molecular formula is C25H26O5. The molecule has 3 aromatic rings. The van der Waals surface area contributed by atoms with Gasteiger partial charge in [-0.1, -0.05) is 50.6 Å². The normalized spacial score (nSPS) is 10.7. The Morgan fingerprint density at radius 2 is 1.83 bits per heavy atom. The van der Waals surface area contributed by atoms with Crippen molar-refractivity contribution < 1.29 is 18.7 Å². The Hall–Kier alpha value is -3.34. The molecule has 0 unspecified atom stereocenters. The van der Waals surface area contributed by atoms with Gasteiger partial charge in [0.1, 0.15) is 11.3 Å². The first kappa shape index (κ1) is 21.4. The lowest BCUT2D eigenvalue weighted by Crippen LogP contribution is -2.10. The van der Waals surface area contributed by atoms with E-state index >= 15 is 0 Å². The predicted octanol–water partition coefficient (Wildman–Crippen LogP) is 5.65. The fourth-order valence-electron chi connectivity index (χ4n) is 3.09. The molecule has 0 spiro atoms. The van der Waals surface area contributed by atoms with E-state index in [1.165, 1.54) is 24.8 Å². The summed E-state index contributed by atoms with van der Waals surface area (Å²) in [7, 11) is 0. The molecule has 0 bridgehead atoms. The highest BCUT2D eigenvalue weighted by molar-refractivity contribution is 5.87. The molecule has 0 radical (unpaired) electrons. The van der Waals surface area contributed by atoms with Gasteiger partial charge in [-0.25, -0.2) is 9.59 Å². The highest BCUT2D eigenvalue weighted by Gasteiger charge is 2.10. The van der Waals surface area contributed by atoms with E-state index in [1.807, 2.05) is 18.2 Å². The van der Waals surface area contributed by atoms with E-state index in [4.69, 9.17) is 13.9 Å². The Bertz CT molecular complexity index is 1090. The van der Waals surface area contributed by atoms with Crippen molar-refractivity contribution in [2.24, 2.45) is 0 Å². The number of aryl methyl sites for hydroxylation is 1. The van der Waals surface area contributed by atoms with Crippen molar-refractivity contribution in [3.05, 3.63) is 76.7 Å². The van der Waals surface area contributed by atoms with E-state index in [2.05, 4.69) is 25.6 Å². The van der Waals surface area contributed by atoms with E-state index in [1.54, 1.807) is 25.1 Å². The van der Waals surface area contributed by atoms with Crippen LogP contribution >= 0.6 is 0 Å². The van der Waals surface area contributed by atoms with Crippen molar-refractivity contribution >= 4 is 16.9 Å². The third kappa shape index (κ3) is 5.38. The van der Waals surface area contributed by atoms with E-state index in [0.717, 1.165) is 17.4 Å². The van der Waals surface area contributed by atoms with Gasteiger partial charge in [-0.2, -0.15) is 0 Å². The van der Waals surface area contributed by atoms with Crippen molar-refractivity contribution in [1.29, 1.82) is 0 Å². The van der Waals surface area contributed by atoms with Crippen molar-refractivity contribution in [3.63, 3.8) is 0 Å². The maximum absolute atomic E-state index is 12.5. The molecule has 0 atom stereocenters. The molecule has 3 rings (SSSR count).